The average molecular weight is 301 g/mol. The number of fused-ring (bicyclic) bond motifs is 1. The summed E-state index contributed by atoms with van der Waals surface area (Å²) in [5.74, 6) is 0. The molecule has 2 nitrogen and oxygen atoms in total. The van der Waals surface area contributed by atoms with Crippen LogP contribution < -0.4 is 5.32 Å². The highest BCUT2D eigenvalue weighted by Gasteiger charge is 2.20. The van der Waals surface area contributed by atoms with Crippen LogP contribution in [0.1, 0.15) is 33.9 Å². The Bertz CT molecular complexity index is 592. The van der Waals surface area contributed by atoms with Crippen molar-refractivity contribution in [3.63, 3.8) is 0 Å². The quantitative estimate of drug-likeness (QED) is 0.904. The molecule has 21 heavy (non-hydrogen) atoms. The summed E-state index contributed by atoms with van der Waals surface area (Å²) in [6.45, 7) is 6.15. The van der Waals surface area contributed by atoms with Gasteiger partial charge in [0, 0.05) is 22.3 Å². The van der Waals surface area contributed by atoms with Crippen LogP contribution >= 0.6 is 11.3 Å². The molecule has 3 heteroatoms. The Morgan fingerprint density at radius 3 is 2.95 bits per heavy atom. The summed E-state index contributed by atoms with van der Waals surface area (Å²) in [5.41, 5.74) is 2.80. The van der Waals surface area contributed by atoms with Gasteiger partial charge in [-0.2, -0.15) is 0 Å². The topological polar surface area (TPSA) is 21.3 Å². The second-order valence-electron chi connectivity index (χ2n) is 5.83. The molecule has 1 aliphatic heterocycles. The molecular weight excluding hydrogens is 278 g/mol. The first-order chi connectivity index (χ1) is 10.2. The van der Waals surface area contributed by atoms with E-state index in [9.17, 15) is 0 Å². The van der Waals surface area contributed by atoms with E-state index in [1.807, 2.05) is 11.3 Å². The highest BCUT2D eigenvalue weighted by Crippen LogP contribution is 2.26. The maximum Gasteiger partial charge on any atom is 0.0952 e. The van der Waals surface area contributed by atoms with E-state index in [1.165, 1.54) is 20.9 Å². The molecule has 0 fully saturated rings. The second kappa shape index (κ2) is 6.73. The predicted molar refractivity (Wildman–Crippen MR) is 89.1 cm³/mol. The lowest BCUT2D eigenvalue weighted by atomic mass is 9.97. The van der Waals surface area contributed by atoms with Gasteiger partial charge in [-0.1, -0.05) is 24.3 Å². The van der Waals surface area contributed by atoms with E-state index in [4.69, 9.17) is 4.74 Å². The van der Waals surface area contributed by atoms with Crippen molar-refractivity contribution in [1.82, 2.24) is 5.32 Å². The van der Waals surface area contributed by atoms with Crippen LogP contribution in [-0.2, 0) is 17.6 Å². The second-order valence-corrected chi connectivity index (χ2v) is 7.21. The zero-order valence-electron chi connectivity index (χ0n) is 12.8. The largest absolute Gasteiger partial charge is 0.372 e. The zero-order valence-corrected chi connectivity index (χ0v) is 13.6. The highest BCUT2D eigenvalue weighted by atomic mass is 32.1. The summed E-state index contributed by atoms with van der Waals surface area (Å²) in [7, 11) is 0. The molecule has 2 aromatic rings. The first-order valence-electron chi connectivity index (χ1n) is 7.70. The molecule has 1 aliphatic rings. The molecule has 0 saturated heterocycles. The van der Waals surface area contributed by atoms with Gasteiger partial charge in [-0.05, 0) is 49.9 Å². The van der Waals surface area contributed by atoms with Crippen LogP contribution in [0.25, 0.3) is 0 Å². The van der Waals surface area contributed by atoms with Crippen LogP contribution in [0.2, 0.25) is 0 Å². The summed E-state index contributed by atoms with van der Waals surface area (Å²) in [6.07, 6.45) is 2.33. The lowest BCUT2D eigenvalue weighted by molar-refractivity contribution is 0.0410. The van der Waals surface area contributed by atoms with Gasteiger partial charge in [0.2, 0.25) is 0 Å². The van der Waals surface area contributed by atoms with Gasteiger partial charge in [-0.15, -0.1) is 11.3 Å². The lowest BCUT2D eigenvalue weighted by Gasteiger charge is -2.27. The van der Waals surface area contributed by atoms with Gasteiger partial charge in [0.1, 0.15) is 0 Å². The normalized spacial score (nSPS) is 19.2. The molecule has 1 N–H and O–H groups in total. The van der Waals surface area contributed by atoms with Gasteiger partial charge in [-0.3, -0.25) is 0 Å². The number of hydrogen-bond acceptors (Lipinski definition) is 3. The summed E-state index contributed by atoms with van der Waals surface area (Å²) >= 11 is 1.89. The molecule has 0 aliphatic carbocycles. The molecule has 2 heterocycles. The van der Waals surface area contributed by atoms with Gasteiger partial charge in [0.15, 0.2) is 0 Å². The van der Waals surface area contributed by atoms with Gasteiger partial charge in [0.05, 0.1) is 12.7 Å². The summed E-state index contributed by atoms with van der Waals surface area (Å²) in [5, 5.41) is 3.63. The van der Waals surface area contributed by atoms with Crippen LogP contribution in [0.5, 0.6) is 0 Å². The van der Waals surface area contributed by atoms with Crippen LogP contribution in [-0.4, -0.2) is 19.2 Å². The van der Waals surface area contributed by atoms with E-state index in [2.05, 4.69) is 55.6 Å². The Hall–Kier alpha value is -1.16. The van der Waals surface area contributed by atoms with E-state index >= 15 is 0 Å². The van der Waals surface area contributed by atoms with Crippen molar-refractivity contribution in [1.29, 1.82) is 0 Å². The van der Waals surface area contributed by atoms with Crippen molar-refractivity contribution < 1.29 is 4.74 Å². The molecule has 1 aromatic carbocycles. The summed E-state index contributed by atoms with van der Waals surface area (Å²) in [6, 6.07) is 13.6. The van der Waals surface area contributed by atoms with E-state index in [1.54, 1.807) is 0 Å². The highest BCUT2D eigenvalue weighted by molar-refractivity contribution is 7.11. The smallest absolute Gasteiger partial charge is 0.0952 e. The number of thiophene rings is 1. The van der Waals surface area contributed by atoms with Gasteiger partial charge in [-0.25, -0.2) is 0 Å². The first kappa shape index (κ1) is 14.8. The number of nitrogens with one attached hydrogen (secondary N) is 1. The third-order valence-electron chi connectivity index (χ3n) is 4.05. The first-order valence-corrected chi connectivity index (χ1v) is 8.52. The summed E-state index contributed by atoms with van der Waals surface area (Å²) in [4.78, 5) is 2.85. The Labute approximate surface area is 131 Å². The van der Waals surface area contributed by atoms with E-state index in [0.29, 0.717) is 6.04 Å². The van der Waals surface area contributed by atoms with Gasteiger partial charge >= 0.3 is 0 Å². The fraction of sp³-hybridized carbons (Fsp3) is 0.444. The van der Waals surface area contributed by atoms with E-state index < -0.39 is 0 Å². The zero-order chi connectivity index (χ0) is 14.7. The SMILES string of the molecule is Cc1ccc(CC(C)NCC2OCCc3ccccc32)s1. The monoisotopic (exact) mass is 301 g/mol. The summed E-state index contributed by atoms with van der Waals surface area (Å²) < 4.78 is 5.95. The van der Waals surface area contributed by atoms with Crippen LogP contribution in [0.15, 0.2) is 36.4 Å². The fourth-order valence-electron chi connectivity index (χ4n) is 2.92. The third kappa shape index (κ3) is 3.73. The molecule has 2 atom stereocenters. The molecule has 112 valence electrons. The third-order valence-corrected chi connectivity index (χ3v) is 5.07. The van der Waals surface area contributed by atoms with Crippen molar-refractivity contribution in [2.24, 2.45) is 0 Å². The minimum atomic E-state index is 0.197. The molecule has 0 radical (unpaired) electrons. The van der Waals surface area contributed by atoms with Crippen molar-refractivity contribution in [2.45, 2.75) is 38.8 Å². The number of ether oxygens (including phenoxy) is 1. The maximum absolute atomic E-state index is 5.95. The lowest BCUT2D eigenvalue weighted by Crippen LogP contribution is -2.34. The number of benzene rings is 1. The van der Waals surface area contributed by atoms with Gasteiger partial charge < -0.3 is 10.1 Å². The molecule has 0 spiro atoms. The minimum absolute atomic E-state index is 0.197. The standard InChI is InChI=1S/C18H23NOS/c1-13(11-16-8-7-14(2)21-16)19-12-18-17-6-4-3-5-15(17)9-10-20-18/h3-8,13,18-19H,9-12H2,1-2H3. The van der Waals surface area contributed by atoms with Crippen molar-refractivity contribution in [3.05, 3.63) is 57.3 Å². The van der Waals surface area contributed by atoms with Crippen LogP contribution in [0.3, 0.4) is 0 Å². The Morgan fingerprint density at radius 1 is 1.29 bits per heavy atom. The van der Waals surface area contributed by atoms with Gasteiger partial charge in [0.25, 0.3) is 0 Å². The number of rotatable bonds is 5. The molecule has 0 saturated carbocycles. The van der Waals surface area contributed by atoms with Crippen LogP contribution in [0.4, 0.5) is 0 Å². The predicted octanol–water partition coefficient (Wildman–Crippen LogP) is 3.89. The molecule has 3 rings (SSSR count). The van der Waals surface area contributed by atoms with E-state index in [-0.39, 0.29) is 6.10 Å². The van der Waals surface area contributed by atoms with Crippen LogP contribution in [0, 0.1) is 6.92 Å². The Morgan fingerprint density at radius 2 is 2.14 bits per heavy atom. The average Bonchev–Trinajstić information content (AvgIpc) is 2.90. The van der Waals surface area contributed by atoms with E-state index in [0.717, 1.165) is 26.0 Å². The molecule has 0 amide bonds. The van der Waals surface area contributed by atoms with Crippen molar-refractivity contribution >= 4 is 11.3 Å². The Kier molecular flexibility index (Phi) is 4.73. The number of hydrogen-bond donors (Lipinski definition) is 1. The molecule has 2 unspecified atom stereocenters. The molecule has 1 aromatic heterocycles. The number of aryl methyl sites for hydroxylation is 1. The maximum atomic E-state index is 5.95. The molecular formula is C18H23NOS. The molecule has 0 bridgehead atoms. The van der Waals surface area contributed by atoms with Crippen molar-refractivity contribution in [3.8, 4) is 0 Å². The fourth-order valence-corrected chi connectivity index (χ4v) is 3.94. The van der Waals surface area contributed by atoms with Crippen molar-refractivity contribution in [2.75, 3.05) is 13.2 Å². The Balaban J connectivity index is 1.56. The minimum Gasteiger partial charge on any atom is -0.372 e.